The minimum atomic E-state index is 0.0527. The van der Waals surface area contributed by atoms with Crippen LogP contribution >= 0.6 is 0 Å². The lowest BCUT2D eigenvalue weighted by Crippen LogP contribution is -2.40. The molecule has 0 radical (unpaired) electrons. The zero-order valence-electron chi connectivity index (χ0n) is 14.4. The molecule has 1 spiro atoms. The van der Waals surface area contributed by atoms with E-state index >= 15 is 0 Å². The highest BCUT2D eigenvalue weighted by molar-refractivity contribution is 5.74. The van der Waals surface area contributed by atoms with Crippen LogP contribution in [0.5, 0.6) is 0 Å². The predicted molar refractivity (Wildman–Crippen MR) is 94.7 cm³/mol. The van der Waals surface area contributed by atoms with Crippen LogP contribution in [0.15, 0.2) is 42.7 Å². The van der Waals surface area contributed by atoms with Crippen LogP contribution in [0.1, 0.15) is 18.4 Å². The largest absolute Gasteiger partial charge is 0.381 e. The number of nitrogens with zero attached hydrogens (tertiary/aromatic N) is 3. The number of carbonyl (C=O) groups is 1. The molecule has 0 aliphatic carbocycles. The van der Waals surface area contributed by atoms with Crippen molar-refractivity contribution in [3.8, 4) is 5.69 Å². The fraction of sp³-hybridized carbons (Fsp3) is 0.474. The second kappa shape index (κ2) is 6.88. The SMILES string of the molecule is O=C(NCCc1ccc(-n2cccn2)cc1)N1CC[C@]2(CCOC2)C1. The Kier molecular flexibility index (Phi) is 4.44. The molecule has 2 saturated heterocycles. The van der Waals surface area contributed by atoms with Crippen molar-refractivity contribution in [3.63, 3.8) is 0 Å². The van der Waals surface area contributed by atoms with E-state index in [1.165, 1.54) is 5.56 Å². The van der Waals surface area contributed by atoms with Crippen LogP contribution in [-0.4, -0.2) is 53.6 Å². The summed E-state index contributed by atoms with van der Waals surface area (Å²) < 4.78 is 7.36. The molecule has 0 bridgehead atoms. The van der Waals surface area contributed by atoms with Crippen molar-refractivity contribution in [1.82, 2.24) is 20.0 Å². The molecule has 1 aromatic heterocycles. The second-order valence-electron chi connectivity index (χ2n) is 7.07. The quantitative estimate of drug-likeness (QED) is 0.928. The van der Waals surface area contributed by atoms with Gasteiger partial charge in [-0.15, -0.1) is 0 Å². The van der Waals surface area contributed by atoms with E-state index in [9.17, 15) is 4.79 Å². The van der Waals surface area contributed by atoms with Crippen molar-refractivity contribution in [2.75, 3.05) is 32.8 Å². The monoisotopic (exact) mass is 340 g/mol. The molecule has 25 heavy (non-hydrogen) atoms. The van der Waals surface area contributed by atoms with Gasteiger partial charge in [0, 0.05) is 44.0 Å². The highest BCUT2D eigenvalue weighted by Crippen LogP contribution is 2.38. The van der Waals surface area contributed by atoms with Gasteiger partial charge >= 0.3 is 6.03 Å². The second-order valence-corrected chi connectivity index (χ2v) is 7.07. The Morgan fingerprint density at radius 2 is 2.16 bits per heavy atom. The summed E-state index contributed by atoms with van der Waals surface area (Å²) >= 11 is 0. The molecule has 6 nitrogen and oxygen atoms in total. The van der Waals surface area contributed by atoms with E-state index in [4.69, 9.17) is 4.74 Å². The fourth-order valence-corrected chi connectivity index (χ4v) is 3.74. The maximum atomic E-state index is 12.3. The Labute approximate surface area is 147 Å². The van der Waals surface area contributed by atoms with Crippen LogP contribution in [0.4, 0.5) is 4.79 Å². The minimum absolute atomic E-state index is 0.0527. The average Bonchev–Trinajstić information content (AvgIpc) is 3.39. The summed E-state index contributed by atoms with van der Waals surface area (Å²) in [5, 5.41) is 7.27. The molecule has 132 valence electrons. The van der Waals surface area contributed by atoms with Gasteiger partial charge in [0.1, 0.15) is 0 Å². The Bertz CT molecular complexity index is 706. The Balaban J connectivity index is 1.24. The molecule has 1 atom stereocenters. The molecule has 1 N–H and O–H groups in total. The number of rotatable bonds is 4. The molecule has 2 aliphatic heterocycles. The van der Waals surface area contributed by atoms with Crippen LogP contribution in [0, 0.1) is 5.41 Å². The first-order valence-corrected chi connectivity index (χ1v) is 8.94. The Morgan fingerprint density at radius 1 is 1.28 bits per heavy atom. The average molecular weight is 340 g/mol. The number of ether oxygens (including phenoxy) is 1. The third-order valence-electron chi connectivity index (χ3n) is 5.31. The molecule has 2 aliphatic rings. The Morgan fingerprint density at radius 3 is 2.88 bits per heavy atom. The number of hydrogen-bond donors (Lipinski definition) is 1. The highest BCUT2D eigenvalue weighted by Gasteiger charge is 2.42. The lowest BCUT2D eigenvalue weighted by molar-refractivity contribution is 0.152. The van der Waals surface area contributed by atoms with Crippen molar-refractivity contribution in [1.29, 1.82) is 0 Å². The van der Waals surface area contributed by atoms with Gasteiger partial charge in [-0.2, -0.15) is 5.10 Å². The van der Waals surface area contributed by atoms with E-state index in [1.807, 2.05) is 21.8 Å². The van der Waals surface area contributed by atoms with Gasteiger partial charge in [0.05, 0.1) is 12.3 Å². The minimum Gasteiger partial charge on any atom is -0.381 e. The predicted octanol–water partition coefficient (Wildman–Crippen LogP) is 2.24. The number of carbonyl (C=O) groups excluding carboxylic acids is 1. The van der Waals surface area contributed by atoms with Crippen LogP contribution in [0.2, 0.25) is 0 Å². The molecular weight excluding hydrogens is 316 g/mol. The highest BCUT2D eigenvalue weighted by atomic mass is 16.5. The van der Waals surface area contributed by atoms with Gasteiger partial charge < -0.3 is 15.0 Å². The van der Waals surface area contributed by atoms with Gasteiger partial charge in [0.15, 0.2) is 0 Å². The molecule has 1 aromatic carbocycles. The summed E-state index contributed by atoms with van der Waals surface area (Å²) in [6, 6.07) is 10.2. The first-order chi connectivity index (χ1) is 12.2. The van der Waals surface area contributed by atoms with Crippen molar-refractivity contribution < 1.29 is 9.53 Å². The number of amides is 2. The van der Waals surface area contributed by atoms with Gasteiger partial charge in [0.25, 0.3) is 0 Å². The molecule has 2 amide bonds. The van der Waals surface area contributed by atoms with E-state index in [1.54, 1.807) is 6.20 Å². The number of hydrogen-bond acceptors (Lipinski definition) is 3. The number of likely N-dealkylation sites (tertiary alicyclic amines) is 1. The number of nitrogens with one attached hydrogen (secondary N) is 1. The number of aromatic nitrogens is 2. The first-order valence-electron chi connectivity index (χ1n) is 8.94. The smallest absolute Gasteiger partial charge is 0.317 e. The van der Waals surface area contributed by atoms with Gasteiger partial charge in [0.2, 0.25) is 0 Å². The topological polar surface area (TPSA) is 59.4 Å². The maximum Gasteiger partial charge on any atom is 0.317 e. The first kappa shape index (κ1) is 16.1. The zero-order valence-corrected chi connectivity index (χ0v) is 14.4. The summed E-state index contributed by atoms with van der Waals surface area (Å²) in [4.78, 5) is 14.3. The van der Waals surface area contributed by atoms with Gasteiger partial charge in [-0.25, -0.2) is 9.48 Å². The van der Waals surface area contributed by atoms with E-state index in [2.05, 4.69) is 34.7 Å². The van der Waals surface area contributed by atoms with Crippen molar-refractivity contribution in [3.05, 3.63) is 48.3 Å². The van der Waals surface area contributed by atoms with Crippen molar-refractivity contribution in [2.24, 2.45) is 5.41 Å². The van der Waals surface area contributed by atoms with Crippen molar-refractivity contribution >= 4 is 6.03 Å². The van der Waals surface area contributed by atoms with E-state index in [-0.39, 0.29) is 11.4 Å². The summed E-state index contributed by atoms with van der Waals surface area (Å²) in [6.07, 6.45) is 6.67. The number of urea groups is 1. The van der Waals surface area contributed by atoms with Crippen LogP contribution in [0.3, 0.4) is 0 Å². The van der Waals surface area contributed by atoms with Gasteiger partial charge in [-0.3, -0.25) is 0 Å². The van der Waals surface area contributed by atoms with Crippen LogP contribution < -0.4 is 5.32 Å². The molecule has 6 heteroatoms. The van der Waals surface area contributed by atoms with Crippen LogP contribution in [-0.2, 0) is 11.2 Å². The standard InChI is InChI=1S/C19H24N4O2/c24-18(22-12-7-19(14-22)8-13-25-15-19)20-10-6-16-2-4-17(5-3-16)23-11-1-9-21-23/h1-5,9,11H,6-8,10,12-15H2,(H,20,24)/t19-/m0/s1. The Hall–Kier alpha value is -2.34. The zero-order chi connectivity index (χ0) is 17.1. The van der Waals surface area contributed by atoms with Crippen LogP contribution in [0.25, 0.3) is 5.69 Å². The third kappa shape index (κ3) is 3.54. The van der Waals surface area contributed by atoms with Gasteiger partial charge in [-0.1, -0.05) is 12.1 Å². The summed E-state index contributed by atoms with van der Waals surface area (Å²) in [5.41, 5.74) is 2.47. The molecule has 0 saturated carbocycles. The van der Waals surface area contributed by atoms with Crippen molar-refractivity contribution in [2.45, 2.75) is 19.3 Å². The normalized spacial score (nSPS) is 22.6. The van der Waals surface area contributed by atoms with Gasteiger partial charge in [-0.05, 0) is 43.0 Å². The fourth-order valence-electron chi connectivity index (χ4n) is 3.74. The summed E-state index contributed by atoms with van der Waals surface area (Å²) in [5.74, 6) is 0. The molecule has 2 fully saturated rings. The molecular formula is C19H24N4O2. The third-order valence-corrected chi connectivity index (χ3v) is 5.31. The lowest BCUT2D eigenvalue weighted by Gasteiger charge is -2.22. The van der Waals surface area contributed by atoms with E-state index in [0.717, 1.165) is 51.3 Å². The molecule has 0 unspecified atom stereocenters. The molecule has 4 rings (SSSR count). The molecule has 3 heterocycles. The van der Waals surface area contributed by atoms with E-state index in [0.29, 0.717) is 6.54 Å². The summed E-state index contributed by atoms with van der Waals surface area (Å²) in [6.45, 7) is 3.97. The molecule has 2 aromatic rings. The maximum absolute atomic E-state index is 12.3. The number of benzene rings is 1. The summed E-state index contributed by atoms with van der Waals surface area (Å²) in [7, 11) is 0. The van der Waals surface area contributed by atoms with E-state index < -0.39 is 0 Å². The lowest BCUT2D eigenvalue weighted by atomic mass is 9.87.